The second-order valence-electron chi connectivity index (χ2n) is 27.9. The van der Waals surface area contributed by atoms with E-state index in [0.29, 0.717) is 24.1 Å². The zero-order chi connectivity index (χ0) is 66.9. The summed E-state index contributed by atoms with van der Waals surface area (Å²) in [7, 11) is 4.11. The quantitative estimate of drug-likeness (QED) is 0.0674. The molecule has 0 radical (unpaired) electrons. The van der Waals surface area contributed by atoms with Gasteiger partial charge in [0.15, 0.2) is 16.7 Å². The summed E-state index contributed by atoms with van der Waals surface area (Å²) >= 11 is 0. The van der Waals surface area contributed by atoms with Crippen molar-refractivity contribution in [2.24, 2.45) is 19.5 Å². The van der Waals surface area contributed by atoms with Gasteiger partial charge in [-0.15, -0.1) is 0 Å². The molecule has 0 bridgehead atoms. The van der Waals surface area contributed by atoms with Crippen molar-refractivity contribution in [1.29, 1.82) is 0 Å². The van der Waals surface area contributed by atoms with Crippen LogP contribution >= 0.6 is 0 Å². The predicted octanol–water partition coefficient (Wildman–Crippen LogP) is 17.3. The van der Waals surface area contributed by atoms with E-state index in [9.17, 15) is 4.79 Å². The molecule has 5 aromatic carbocycles. The molecule has 0 spiro atoms. The largest absolute Gasteiger partial charge is 0.424 e. The second-order valence-corrected chi connectivity index (χ2v) is 27.9. The van der Waals surface area contributed by atoms with E-state index in [1.54, 1.807) is 6.07 Å². The fourth-order valence-corrected chi connectivity index (χ4v) is 9.71. The number of aromatic nitrogens is 11. The van der Waals surface area contributed by atoms with Crippen molar-refractivity contribution < 1.29 is 4.42 Å². The SMILES string of the molecule is CC(C)Nc1cc(=O)c2ccccc2[nH]1.CC(C)Nc1nc2ccccc2o1.Cc1cc2nc(NC(C)(C)C)n(C)c2cc1C.Cc1ccc2c(nc(NC(C)(C)C)n2C)c1C.Cc1ccc2nc(CC(C)(C)C)[nH]c2c1.Cc1cnc2nc(NC(C)C)[nH]c2c1. The van der Waals surface area contributed by atoms with Crippen LogP contribution in [0.2, 0.25) is 0 Å². The number of aromatic amines is 3. The van der Waals surface area contributed by atoms with Crippen molar-refractivity contribution in [3.8, 4) is 0 Å². The smallest absolute Gasteiger partial charge is 0.295 e. The number of nitrogens with one attached hydrogen (secondary N) is 8. The van der Waals surface area contributed by atoms with Crippen LogP contribution in [0.1, 0.15) is 143 Å². The van der Waals surface area contributed by atoms with Crippen LogP contribution in [0.5, 0.6) is 0 Å². The Hall–Kier alpha value is -9.19. The first-order chi connectivity index (χ1) is 42.6. The Morgan fingerprint density at radius 3 is 1.79 bits per heavy atom. The number of pyridine rings is 2. The van der Waals surface area contributed by atoms with E-state index in [-0.39, 0.29) is 21.9 Å². The van der Waals surface area contributed by atoms with Crippen molar-refractivity contribution in [3.05, 3.63) is 159 Å². The number of oxazole rings is 1. The van der Waals surface area contributed by atoms with Gasteiger partial charge in [-0.3, -0.25) is 4.79 Å². The molecule has 7 aromatic heterocycles. The summed E-state index contributed by atoms with van der Waals surface area (Å²) in [5, 5.41) is 17.1. The van der Waals surface area contributed by atoms with Crippen molar-refractivity contribution in [2.45, 2.75) is 181 Å². The lowest BCUT2D eigenvalue weighted by atomic mass is 9.92. The van der Waals surface area contributed by atoms with Crippen LogP contribution in [0.4, 0.5) is 29.7 Å². The molecule has 18 nitrogen and oxygen atoms in total. The van der Waals surface area contributed by atoms with Gasteiger partial charge in [0.1, 0.15) is 17.2 Å². The molecule has 0 fully saturated rings. The van der Waals surface area contributed by atoms with Gasteiger partial charge in [0, 0.05) is 67.4 Å². The third kappa shape index (κ3) is 19.9. The lowest BCUT2D eigenvalue weighted by molar-refractivity contribution is 0.402. The van der Waals surface area contributed by atoms with Gasteiger partial charge in [0.25, 0.3) is 6.01 Å². The van der Waals surface area contributed by atoms with Crippen LogP contribution in [-0.4, -0.2) is 83.2 Å². The highest BCUT2D eigenvalue weighted by atomic mass is 16.4. The molecule has 0 amide bonds. The molecule has 0 unspecified atom stereocenters. The average molecular weight is 1230 g/mol. The minimum absolute atomic E-state index is 0.0259. The van der Waals surface area contributed by atoms with Crippen LogP contribution in [0, 0.1) is 47.0 Å². The number of rotatable bonds is 9. The van der Waals surface area contributed by atoms with Gasteiger partial charge in [-0.05, 0) is 224 Å². The van der Waals surface area contributed by atoms with Crippen LogP contribution in [0.3, 0.4) is 0 Å². The summed E-state index contributed by atoms with van der Waals surface area (Å²) in [4.78, 5) is 48.2. The summed E-state index contributed by atoms with van der Waals surface area (Å²) in [5.74, 6) is 4.50. The van der Waals surface area contributed by atoms with Gasteiger partial charge in [-0.25, -0.2) is 19.9 Å². The minimum Gasteiger partial charge on any atom is -0.424 e. The van der Waals surface area contributed by atoms with Crippen molar-refractivity contribution >= 4 is 95.9 Å². The molecule has 18 heteroatoms. The molecule has 0 aliphatic carbocycles. The highest BCUT2D eigenvalue weighted by Gasteiger charge is 2.18. The lowest BCUT2D eigenvalue weighted by Gasteiger charge is -2.21. The first kappa shape index (κ1) is 69.3. The Labute approximate surface area is 537 Å². The molecule has 7 heterocycles. The van der Waals surface area contributed by atoms with Gasteiger partial charge in [-0.1, -0.05) is 57.2 Å². The standard InChI is InChI=1S/2C14H21N3.C13H18N2.C12H14N2O.C10H14N4.C10H12N2O/c1-9-7-11-12(8-10(9)2)17(6)13(15-11)16-14(3,4)5;1-9-7-8-11-12(10(9)2)15-13(17(11)6)16-14(3,4)5;1-9-5-6-10-11(7-9)15-12(14-10)8-13(2,3)4;1-8(2)13-12-7-11(15)9-5-3-4-6-10(9)14-12;1-6(2)12-10-13-8-4-7(3)5-11-9(8)14-10;1-7(2)11-10-12-8-5-3-4-6-9(8)13-10/h2*7-8H,1-6H3,(H,15,16);5-7H,8H2,1-4H3,(H,14,15);3-8H,1-2H3,(H2,13,14,15);4-6H,1-3H3,(H2,11,12,13,14);3-7H,1-2H3,(H,11,12). The molecular weight excluding hydrogens is 1130 g/mol. The van der Waals surface area contributed by atoms with Crippen molar-refractivity contribution in [2.75, 3.05) is 26.6 Å². The minimum atomic E-state index is 0.0259. The number of fused-ring (bicyclic) bond motifs is 6. The molecule has 0 aliphatic heterocycles. The molecule has 0 saturated carbocycles. The Morgan fingerprint density at radius 2 is 1.14 bits per heavy atom. The molecule has 8 N–H and O–H groups in total. The van der Waals surface area contributed by atoms with E-state index in [0.717, 1.165) is 96.7 Å². The summed E-state index contributed by atoms with van der Waals surface area (Å²) in [6.07, 6.45) is 2.81. The Bertz CT molecular complexity index is 4400. The summed E-state index contributed by atoms with van der Waals surface area (Å²) in [6.45, 7) is 44.5. The van der Waals surface area contributed by atoms with Gasteiger partial charge in [-0.2, -0.15) is 9.97 Å². The number of H-pyrrole nitrogens is 3. The third-order valence-corrected chi connectivity index (χ3v) is 14.2. The van der Waals surface area contributed by atoms with Crippen molar-refractivity contribution in [3.63, 3.8) is 0 Å². The third-order valence-electron chi connectivity index (χ3n) is 14.2. The van der Waals surface area contributed by atoms with Crippen LogP contribution < -0.4 is 32.0 Å². The topological polar surface area (TPSA) is 225 Å². The first-order valence-electron chi connectivity index (χ1n) is 31.6. The van der Waals surface area contributed by atoms with Crippen LogP contribution in [-0.2, 0) is 20.5 Å². The van der Waals surface area contributed by atoms with Gasteiger partial charge in [0.2, 0.25) is 17.8 Å². The highest BCUT2D eigenvalue weighted by Crippen LogP contribution is 2.27. The Balaban J connectivity index is 0.000000155. The second kappa shape index (κ2) is 29.2. The van der Waals surface area contributed by atoms with E-state index < -0.39 is 0 Å². The number of para-hydroxylation sites is 3. The fraction of sp³-hybridized carbons (Fsp3) is 0.411. The molecule has 0 atom stereocenters. The van der Waals surface area contributed by atoms with Crippen LogP contribution in [0.15, 0.2) is 119 Å². The van der Waals surface area contributed by atoms with Crippen molar-refractivity contribution in [1.82, 2.24) is 54.0 Å². The normalized spacial score (nSPS) is 11.6. The number of imidazole rings is 4. The maximum Gasteiger partial charge on any atom is 0.295 e. The molecule has 0 saturated heterocycles. The number of anilines is 5. The number of aryl methyl sites for hydroxylation is 8. The fourth-order valence-electron chi connectivity index (χ4n) is 9.71. The molecule has 484 valence electrons. The molecular formula is C73H100N16O2. The number of hydrogen-bond acceptors (Lipinski definition) is 13. The number of nitrogens with zero attached hydrogens (tertiary/aromatic N) is 8. The Kier molecular flexibility index (Phi) is 22.2. The number of benzene rings is 5. The zero-order valence-electron chi connectivity index (χ0n) is 58.2. The van der Waals surface area contributed by atoms with E-state index in [2.05, 4.69) is 257 Å². The average Bonchev–Trinajstić information content (AvgIpc) is 1.88. The molecule has 0 aliphatic rings. The maximum atomic E-state index is 11.7. The molecule has 91 heavy (non-hydrogen) atoms. The monoisotopic (exact) mass is 1230 g/mol. The van der Waals surface area contributed by atoms with Gasteiger partial charge >= 0.3 is 0 Å². The van der Waals surface area contributed by atoms with Crippen LogP contribution in [0.25, 0.3) is 66.3 Å². The lowest BCUT2D eigenvalue weighted by Crippen LogP contribution is -2.27. The van der Waals surface area contributed by atoms with E-state index in [4.69, 9.17) is 9.40 Å². The van der Waals surface area contributed by atoms with E-state index in [1.165, 1.54) is 38.9 Å². The summed E-state index contributed by atoms with van der Waals surface area (Å²) < 4.78 is 9.69. The molecule has 12 aromatic rings. The maximum absolute atomic E-state index is 11.7. The first-order valence-corrected chi connectivity index (χ1v) is 31.6. The van der Waals surface area contributed by atoms with E-state index in [1.807, 2.05) is 81.6 Å². The number of hydrogen-bond donors (Lipinski definition) is 8. The summed E-state index contributed by atoms with van der Waals surface area (Å²) in [6, 6.07) is 35.5. The van der Waals surface area contributed by atoms with Gasteiger partial charge in [0.05, 0.1) is 44.1 Å². The zero-order valence-corrected chi connectivity index (χ0v) is 58.2. The molecule has 12 rings (SSSR count). The van der Waals surface area contributed by atoms with Gasteiger partial charge < -0.3 is 55.1 Å². The Morgan fingerprint density at radius 1 is 0.527 bits per heavy atom. The van der Waals surface area contributed by atoms with E-state index >= 15 is 0 Å². The predicted molar refractivity (Wildman–Crippen MR) is 385 cm³/mol. The summed E-state index contributed by atoms with van der Waals surface area (Å²) in [5.41, 5.74) is 19.0. The highest BCUT2D eigenvalue weighted by molar-refractivity contribution is 5.84.